The van der Waals surface area contributed by atoms with Crippen LogP contribution < -0.4 is 0 Å². The number of hydrogen-bond donors (Lipinski definition) is 4. The van der Waals surface area contributed by atoms with Crippen LogP contribution in [-0.4, -0.2) is 152 Å². The van der Waals surface area contributed by atoms with Crippen LogP contribution in [0.3, 0.4) is 0 Å². The number of β-amino-alcohol motifs (C(OH)–C–C–N with tert-alkyl or cyclic N) is 1. The third-order valence-electron chi connectivity index (χ3n) is 5.15. The zero-order chi connectivity index (χ0) is 22.8. The molecule has 1 unspecified atom stereocenters. The van der Waals surface area contributed by atoms with Crippen molar-refractivity contribution >= 4 is 20.2 Å². The Kier molecular flexibility index (Phi) is 12.2. The molecule has 30 heavy (non-hydrogen) atoms. The molecule has 0 radical (unpaired) electrons. The molecule has 2 aliphatic rings. The third-order valence-corrected chi connectivity index (χ3v) is 6.54. The second kappa shape index (κ2) is 13.2. The van der Waals surface area contributed by atoms with Crippen molar-refractivity contribution in [3.63, 3.8) is 0 Å². The molecule has 14 heteroatoms. The molecule has 2 fully saturated rings. The van der Waals surface area contributed by atoms with Crippen LogP contribution in [0.25, 0.3) is 0 Å². The number of piperazine rings is 2. The molecule has 0 bridgehead atoms. The molecule has 0 amide bonds. The SMILES string of the molecule is CC(O)N1CCN(CCS(=O)(=O)O)CC1.O=S(=O)(O)CCN1CCN(CCO)CC1. The van der Waals surface area contributed by atoms with Gasteiger partial charge in [-0.3, -0.25) is 28.7 Å². The highest BCUT2D eigenvalue weighted by Gasteiger charge is 2.20. The van der Waals surface area contributed by atoms with E-state index in [1.165, 1.54) is 0 Å². The van der Waals surface area contributed by atoms with Crippen molar-refractivity contribution in [2.24, 2.45) is 0 Å². The first kappa shape index (κ1) is 27.6. The lowest BCUT2D eigenvalue weighted by Crippen LogP contribution is -2.50. The van der Waals surface area contributed by atoms with Crippen LogP contribution in [0.1, 0.15) is 6.92 Å². The van der Waals surface area contributed by atoms with E-state index in [2.05, 4.69) is 4.90 Å². The molecule has 0 saturated carbocycles. The van der Waals surface area contributed by atoms with Crippen molar-refractivity contribution in [2.75, 3.05) is 90.1 Å². The first-order valence-corrected chi connectivity index (χ1v) is 13.2. The normalized spacial score (nSPS) is 21.8. The van der Waals surface area contributed by atoms with Gasteiger partial charge in [-0.15, -0.1) is 0 Å². The van der Waals surface area contributed by atoms with Gasteiger partial charge in [0.15, 0.2) is 0 Å². The van der Waals surface area contributed by atoms with E-state index in [0.29, 0.717) is 19.6 Å². The Balaban J connectivity index is 0.000000300. The van der Waals surface area contributed by atoms with Gasteiger partial charge in [-0.25, -0.2) is 0 Å². The van der Waals surface area contributed by atoms with Gasteiger partial charge < -0.3 is 10.2 Å². The quantitative estimate of drug-likeness (QED) is 0.255. The van der Waals surface area contributed by atoms with Gasteiger partial charge in [-0.05, 0) is 6.92 Å². The number of aliphatic hydroxyl groups excluding tert-OH is 2. The fourth-order valence-electron chi connectivity index (χ4n) is 3.23. The zero-order valence-electron chi connectivity index (χ0n) is 17.5. The average Bonchev–Trinajstić information content (AvgIpc) is 2.66. The predicted octanol–water partition coefficient (Wildman–Crippen LogP) is -2.69. The summed E-state index contributed by atoms with van der Waals surface area (Å²) in [5.74, 6) is -0.422. The number of rotatable bonds is 9. The van der Waals surface area contributed by atoms with Gasteiger partial charge in [-0.1, -0.05) is 0 Å². The summed E-state index contributed by atoms with van der Waals surface area (Å²) in [6, 6.07) is 0. The van der Waals surface area contributed by atoms with Crippen molar-refractivity contribution in [2.45, 2.75) is 13.2 Å². The summed E-state index contributed by atoms with van der Waals surface area (Å²) < 4.78 is 59.3. The van der Waals surface area contributed by atoms with E-state index in [1.54, 1.807) is 6.92 Å². The van der Waals surface area contributed by atoms with E-state index in [9.17, 15) is 21.9 Å². The fraction of sp³-hybridized carbons (Fsp3) is 1.00. The smallest absolute Gasteiger partial charge is 0.266 e. The molecule has 0 spiro atoms. The van der Waals surface area contributed by atoms with Crippen LogP contribution in [0.15, 0.2) is 0 Å². The van der Waals surface area contributed by atoms with Gasteiger partial charge in [0.1, 0.15) is 6.23 Å². The molecule has 2 heterocycles. The first-order valence-electron chi connectivity index (χ1n) is 10.00. The first-order chi connectivity index (χ1) is 13.9. The Morgan fingerprint density at radius 3 is 1.33 bits per heavy atom. The maximum absolute atomic E-state index is 10.5. The topological polar surface area (TPSA) is 162 Å². The van der Waals surface area contributed by atoms with Crippen molar-refractivity contribution in [3.05, 3.63) is 0 Å². The summed E-state index contributed by atoms with van der Waals surface area (Å²) in [6.45, 7) is 9.43. The fourth-order valence-corrected chi connectivity index (χ4v) is 4.21. The second-order valence-corrected chi connectivity index (χ2v) is 10.6. The minimum absolute atomic E-state index is 0.158. The third kappa shape index (κ3) is 13.1. The highest BCUT2D eigenvalue weighted by molar-refractivity contribution is 7.86. The van der Waals surface area contributed by atoms with E-state index in [-0.39, 0.29) is 18.1 Å². The summed E-state index contributed by atoms with van der Waals surface area (Å²) in [6.07, 6.45) is -0.450. The van der Waals surface area contributed by atoms with Gasteiger partial charge in [0.2, 0.25) is 0 Å². The van der Waals surface area contributed by atoms with Crippen molar-refractivity contribution < 1.29 is 36.2 Å². The summed E-state index contributed by atoms with van der Waals surface area (Å²) in [7, 11) is -7.70. The molecule has 0 aromatic rings. The Labute approximate surface area is 179 Å². The minimum atomic E-state index is -3.86. The Bertz CT molecular complexity index is 673. The zero-order valence-corrected chi connectivity index (χ0v) is 19.1. The lowest BCUT2D eigenvalue weighted by atomic mass is 10.3. The second-order valence-electron chi connectivity index (χ2n) is 7.49. The van der Waals surface area contributed by atoms with E-state index >= 15 is 0 Å². The largest absolute Gasteiger partial charge is 0.395 e. The van der Waals surface area contributed by atoms with Crippen LogP contribution in [0.5, 0.6) is 0 Å². The molecule has 1 atom stereocenters. The van der Waals surface area contributed by atoms with Gasteiger partial charge in [-0.2, -0.15) is 16.8 Å². The van der Waals surface area contributed by atoms with Crippen LogP contribution >= 0.6 is 0 Å². The van der Waals surface area contributed by atoms with Crippen molar-refractivity contribution in [3.8, 4) is 0 Å². The minimum Gasteiger partial charge on any atom is -0.395 e. The van der Waals surface area contributed by atoms with Crippen molar-refractivity contribution in [1.29, 1.82) is 0 Å². The lowest BCUT2D eigenvalue weighted by molar-refractivity contribution is -0.0117. The summed E-state index contributed by atoms with van der Waals surface area (Å²) >= 11 is 0. The Morgan fingerprint density at radius 2 is 1.03 bits per heavy atom. The van der Waals surface area contributed by atoms with Crippen LogP contribution in [-0.2, 0) is 20.2 Å². The van der Waals surface area contributed by atoms with Gasteiger partial charge in [0.05, 0.1) is 18.1 Å². The number of aliphatic hydroxyl groups is 2. The lowest BCUT2D eigenvalue weighted by Gasteiger charge is -2.35. The molecule has 0 aliphatic carbocycles. The number of nitrogens with zero attached hydrogens (tertiary/aromatic N) is 4. The average molecular weight is 477 g/mol. The Hall–Kier alpha value is -0.420. The summed E-state index contributed by atoms with van der Waals surface area (Å²) in [5.41, 5.74) is 0. The molecule has 4 N–H and O–H groups in total. The van der Waals surface area contributed by atoms with Crippen molar-refractivity contribution in [1.82, 2.24) is 19.6 Å². The summed E-state index contributed by atoms with van der Waals surface area (Å²) in [4.78, 5) is 8.02. The van der Waals surface area contributed by atoms with Gasteiger partial charge in [0.25, 0.3) is 20.2 Å². The molecule has 0 aromatic carbocycles. The van der Waals surface area contributed by atoms with E-state index in [4.69, 9.17) is 14.2 Å². The van der Waals surface area contributed by atoms with Crippen LogP contribution in [0.2, 0.25) is 0 Å². The highest BCUT2D eigenvalue weighted by Crippen LogP contribution is 2.04. The Morgan fingerprint density at radius 1 is 0.700 bits per heavy atom. The number of hydrogen-bond acceptors (Lipinski definition) is 10. The van der Waals surface area contributed by atoms with Gasteiger partial charge >= 0.3 is 0 Å². The molecule has 2 saturated heterocycles. The molecule has 0 aromatic heterocycles. The molecule has 12 nitrogen and oxygen atoms in total. The molecule has 2 aliphatic heterocycles. The van der Waals surface area contributed by atoms with Crippen LogP contribution in [0.4, 0.5) is 0 Å². The van der Waals surface area contributed by atoms with Crippen LogP contribution in [0, 0.1) is 0 Å². The maximum atomic E-state index is 10.5. The van der Waals surface area contributed by atoms with E-state index in [0.717, 1.165) is 52.4 Å². The molecular weight excluding hydrogens is 440 g/mol. The molecular formula is C16H36N4O8S2. The van der Waals surface area contributed by atoms with Gasteiger partial charge in [0, 0.05) is 72.0 Å². The van der Waals surface area contributed by atoms with E-state index < -0.39 is 26.5 Å². The highest BCUT2D eigenvalue weighted by atomic mass is 32.2. The summed E-state index contributed by atoms with van der Waals surface area (Å²) in [5, 5.41) is 18.0. The van der Waals surface area contributed by atoms with E-state index in [1.807, 2.05) is 14.7 Å². The molecule has 180 valence electrons. The molecule has 2 rings (SSSR count). The predicted molar refractivity (Wildman–Crippen MR) is 112 cm³/mol. The monoisotopic (exact) mass is 476 g/mol. The maximum Gasteiger partial charge on any atom is 0.266 e. The standard InChI is InChI=1S/2C8H18N2O4S/c1-8(11)10-4-2-9(3-5-10)6-7-15(12,13)14;11-7-5-9-1-3-10(4-2-9)6-8-15(12,13)14/h8,11H,2-7H2,1H3,(H,12,13,14);11H,1-8H2,(H,12,13,14).